The van der Waals surface area contributed by atoms with Gasteiger partial charge in [0.1, 0.15) is 67.6 Å². The fourth-order valence-corrected chi connectivity index (χ4v) is 13.9. The first-order chi connectivity index (χ1) is 54.1. The molecule has 0 spiro atoms. The van der Waals surface area contributed by atoms with Gasteiger partial charge >= 0.3 is 0 Å². The van der Waals surface area contributed by atoms with Gasteiger partial charge in [-0.15, -0.1) is 5.10 Å². The molecule has 0 radical (unpaired) electrons. The van der Waals surface area contributed by atoms with E-state index in [1.165, 1.54) is 60.0 Å². The summed E-state index contributed by atoms with van der Waals surface area (Å²) in [4.78, 5) is 29.1. The Balaban J connectivity index is 0.000000180. The molecule has 0 atom stereocenters. The third-order valence-corrected chi connectivity index (χ3v) is 21.0. The van der Waals surface area contributed by atoms with Crippen molar-refractivity contribution in [3.05, 3.63) is 173 Å². The molecule has 5 saturated heterocycles. The van der Waals surface area contributed by atoms with Crippen LogP contribution in [0.3, 0.4) is 0 Å². The number of Topliss-reactive ketones (excluding diaryl/α,β-unsaturated/α-hetero) is 1. The molecule has 26 heteroatoms. The van der Waals surface area contributed by atoms with Crippen molar-refractivity contribution in [1.82, 2.24) is 54.3 Å². The lowest BCUT2D eigenvalue weighted by Crippen LogP contribution is -2.40. The number of carbonyl (C=O) groups excluding carboxylic acids is 1. The Morgan fingerprint density at radius 1 is 0.509 bits per heavy atom. The summed E-state index contributed by atoms with van der Waals surface area (Å²) in [5, 5.41) is 23.9. The Bertz CT molecular complexity index is 4000. The van der Waals surface area contributed by atoms with Crippen LogP contribution in [-0.4, -0.2) is 255 Å². The smallest absolute Gasteiger partial charge is 0.225 e. The van der Waals surface area contributed by atoms with Crippen molar-refractivity contribution in [2.45, 2.75) is 102 Å². The molecule has 0 unspecified atom stereocenters. The van der Waals surface area contributed by atoms with E-state index in [1.807, 2.05) is 66.3 Å². The first-order valence-electron chi connectivity index (χ1n) is 39.0. The predicted molar refractivity (Wildman–Crippen MR) is 445 cm³/mol. The third kappa shape index (κ3) is 29.4. The number of nitrogens with zero attached hydrogens (tertiary/aromatic N) is 10. The lowest BCUT2D eigenvalue weighted by molar-refractivity contribution is -0.121. The quantitative estimate of drug-likeness (QED) is 0.0385. The number of carbonyl (C=O) groups is 1. The Hall–Kier alpha value is -8.09. The fourth-order valence-electron chi connectivity index (χ4n) is 13.6. The summed E-state index contributed by atoms with van der Waals surface area (Å²) >= 11 is 3.35. The summed E-state index contributed by atoms with van der Waals surface area (Å²) in [7, 11) is 14.7. The van der Waals surface area contributed by atoms with Gasteiger partial charge in [0.2, 0.25) is 11.8 Å². The van der Waals surface area contributed by atoms with Crippen LogP contribution >= 0.6 is 15.9 Å². The number of hydrogen-bond acceptors (Lipinski definition) is 23. The average Bonchev–Trinajstić information content (AvgIpc) is 1.61. The number of methoxy groups -OCH3 is 5. The number of furan rings is 1. The molecular formula is C86H123BrN12O13. The number of nitrogen functional groups attached to an aromatic ring is 1. The zero-order valence-corrected chi connectivity index (χ0v) is 68.1. The van der Waals surface area contributed by atoms with Gasteiger partial charge in [-0.1, -0.05) is 71.9 Å². The zero-order valence-electron chi connectivity index (χ0n) is 66.5. The Labute approximate surface area is 671 Å². The number of nitrogens with one attached hydrogen (secondary N) is 1. The van der Waals surface area contributed by atoms with E-state index in [0.29, 0.717) is 112 Å². The van der Waals surface area contributed by atoms with Crippen molar-refractivity contribution in [3.63, 3.8) is 0 Å². The number of aromatic nitrogens is 6. The lowest BCUT2D eigenvalue weighted by Gasteiger charge is -2.37. The maximum Gasteiger partial charge on any atom is 0.225 e. The highest BCUT2D eigenvalue weighted by Gasteiger charge is 2.33. The molecule has 612 valence electrons. The van der Waals surface area contributed by atoms with E-state index in [1.54, 1.807) is 54.1 Å². The number of hydrogen-bond donors (Lipinski definition) is 3. The minimum Gasteiger partial charge on any atom is -0.491 e. The number of aliphatic hydroxyl groups is 1. The van der Waals surface area contributed by atoms with Crippen LogP contribution in [0.4, 0.5) is 5.95 Å². The maximum absolute atomic E-state index is 10.7. The minimum absolute atomic E-state index is 0. The number of nitrogens with two attached hydrogens (primary N) is 1. The van der Waals surface area contributed by atoms with Crippen molar-refractivity contribution in [3.8, 4) is 40.3 Å². The average molecular weight is 1610 g/mol. The Kier molecular flexibility index (Phi) is 39.0. The molecule has 5 aromatic carbocycles. The first-order valence-corrected chi connectivity index (χ1v) is 39.8. The third-order valence-electron chi connectivity index (χ3n) is 20.5. The number of anilines is 1. The van der Waals surface area contributed by atoms with Gasteiger partial charge in [0, 0.05) is 85.6 Å². The highest BCUT2D eigenvalue weighted by Crippen LogP contribution is 2.35. The van der Waals surface area contributed by atoms with Crippen LogP contribution in [0, 0.1) is 0 Å². The molecule has 14 rings (SSSR count). The van der Waals surface area contributed by atoms with Gasteiger partial charge in [-0.25, -0.2) is 9.67 Å². The number of halogens is 1. The topological polar surface area (TPSA) is 255 Å². The molecule has 9 aromatic rings. The molecule has 9 heterocycles. The summed E-state index contributed by atoms with van der Waals surface area (Å²) < 4.78 is 62.4. The zero-order chi connectivity index (χ0) is 78.4. The molecule has 0 bridgehead atoms. The van der Waals surface area contributed by atoms with Crippen molar-refractivity contribution >= 4 is 44.3 Å². The predicted octanol–water partition coefficient (Wildman–Crippen LogP) is 12.9. The molecule has 4 aromatic heterocycles. The van der Waals surface area contributed by atoms with Crippen LogP contribution in [-0.2, 0) is 40.6 Å². The van der Waals surface area contributed by atoms with Crippen LogP contribution in [0.25, 0.3) is 28.3 Å². The van der Waals surface area contributed by atoms with Crippen molar-refractivity contribution in [2.24, 2.45) is 0 Å². The van der Waals surface area contributed by atoms with Crippen LogP contribution in [0.2, 0.25) is 0 Å². The summed E-state index contributed by atoms with van der Waals surface area (Å²) in [5.41, 5.74) is 12.1. The highest BCUT2D eigenvalue weighted by atomic mass is 79.9. The van der Waals surface area contributed by atoms with E-state index in [0.717, 1.165) is 148 Å². The molecular weight excluding hydrogens is 1490 g/mol. The lowest BCUT2D eigenvalue weighted by atomic mass is 9.84. The van der Waals surface area contributed by atoms with Gasteiger partial charge < -0.3 is 87.5 Å². The summed E-state index contributed by atoms with van der Waals surface area (Å²) in [5.74, 6) is 8.18. The van der Waals surface area contributed by atoms with Gasteiger partial charge in [0.15, 0.2) is 17.1 Å². The highest BCUT2D eigenvalue weighted by molar-refractivity contribution is 9.10. The summed E-state index contributed by atoms with van der Waals surface area (Å²) in [6.07, 6.45) is 13.7. The standard InChI is InChI=1S/C26H30N8O3.C15H23NO3.C15H23NO2.C14H21NO2.C9H11BrO2.C6H11NO.CH4/c1-35-15-16-36-20-6-4-18(5-7-20)19-8-10-32(11-9-19)12-13-33-24-21(17-28-33)25-29-23(22-3-2-14-37-22)31-34(25)26(27)30-24;1-16-9-7-15(17,8-10-16)13-3-5-14(6-4-13)19-12-11-18-2;1-16-9-7-14(8-10-16)13-3-5-15(6-4-13)18-12-11-17-2;1-16-10-11-17-14-4-2-12(3-5-14)13-6-8-15-9-7-13;1-11-6-7-12-9-4-2-8(10)3-5-9;1-7-4-2-6(8)3-5-7;/h2-7,14,17,19H,8-13,15-16H2,1H3,(H2,27,30);3-6,17H,7-12H2,1-2H3;3-6,14H,7-12H2,1-2H3;2-5,13,15H,6-11H2,1H3;2-5H,6-7H2,1H3;2-5H2,1H3;1H4. The van der Waals surface area contributed by atoms with Gasteiger partial charge in [0.05, 0.1) is 63.0 Å². The van der Waals surface area contributed by atoms with Crippen LogP contribution in [0.5, 0.6) is 28.7 Å². The second kappa shape index (κ2) is 48.9. The summed E-state index contributed by atoms with van der Waals surface area (Å²) in [6, 6.07) is 44.7. The fraction of sp³-hybridized carbons (Fsp3) is 0.523. The first kappa shape index (κ1) is 89.5. The maximum atomic E-state index is 10.7. The van der Waals surface area contributed by atoms with Gasteiger partial charge in [0.25, 0.3) is 0 Å². The number of fused-ring (bicyclic) bond motifs is 3. The van der Waals surface area contributed by atoms with Gasteiger partial charge in [-0.3, -0.25) is 4.79 Å². The van der Waals surface area contributed by atoms with Crippen LogP contribution in [0.15, 0.2) is 155 Å². The van der Waals surface area contributed by atoms with E-state index in [4.69, 9.17) is 57.5 Å². The number of benzene rings is 5. The molecule has 0 saturated carbocycles. The van der Waals surface area contributed by atoms with Gasteiger partial charge in [-0.05, 0) is 237 Å². The molecule has 4 N–H and O–H groups in total. The number of piperidine rings is 5. The molecule has 5 fully saturated rings. The van der Waals surface area contributed by atoms with E-state index in [9.17, 15) is 9.90 Å². The number of likely N-dealkylation sites (tertiary alicyclic amines) is 4. The molecule has 5 aliphatic heterocycles. The van der Waals surface area contributed by atoms with Crippen LogP contribution < -0.4 is 34.7 Å². The second-order valence-corrected chi connectivity index (χ2v) is 29.4. The minimum atomic E-state index is -0.683. The Morgan fingerprint density at radius 3 is 1.35 bits per heavy atom. The second-order valence-electron chi connectivity index (χ2n) is 28.5. The van der Waals surface area contributed by atoms with Crippen molar-refractivity contribution < 1.29 is 61.7 Å². The number of rotatable bonds is 28. The van der Waals surface area contributed by atoms with E-state index in [-0.39, 0.29) is 13.4 Å². The SMILES string of the molecule is C.CN1CCC(=O)CC1.COCCOc1ccc(Br)cc1.COCCOc1ccc(C2(O)CCN(C)CC2)cc1.COCCOc1ccc(C2CCN(C)CC2)cc1.COCCOc1ccc(C2CCN(CCn3ncc4c3nc(N)n3nc(-c5ccco5)nc43)CC2)cc1.COCCOc1ccc(C2CCNCC2)cc1. The molecule has 112 heavy (non-hydrogen) atoms. The number of ketones is 1. The van der Waals surface area contributed by atoms with E-state index < -0.39 is 5.60 Å². The molecule has 25 nitrogen and oxygen atoms in total. The molecule has 0 amide bonds. The Morgan fingerprint density at radius 2 is 0.920 bits per heavy atom. The van der Waals surface area contributed by atoms with Crippen molar-refractivity contribution in [1.29, 1.82) is 0 Å². The molecule has 5 aliphatic rings. The normalized spacial score (nSPS) is 16.5. The monoisotopic (exact) mass is 1610 g/mol. The molecule has 0 aliphatic carbocycles. The number of ether oxygens (including phenoxy) is 10. The van der Waals surface area contributed by atoms with Gasteiger partial charge in [-0.2, -0.15) is 14.6 Å². The largest absolute Gasteiger partial charge is 0.491 e. The van der Waals surface area contributed by atoms with E-state index in [2.05, 4.69) is 148 Å². The summed E-state index contributed by atoms with van der Waals surface area (Å²) in [6.45, 7) is 18.2. The van der Waals surface area contributed by atoms with Crippen LogP contribution in [0.1, 0.15) is 112 Å². The van der Waals surface area contributed by atoms with E-state index >= 15 is 0 Å². The van der Waals surface area contributed by atoms with Crippen molar-refractivity contribution in [2.75, 3.05) is 200 Å².